The summed E-state index contributed by atoms with van der Waals surface area (Å²) in [4.78, 5) is 2.33. The van der Waals surface area contributed by atoms with Crippen LogP contribution >= 0.6 is 23.2 Å². The molecule has 1 aliphatic rings. The van der Waals surface area contributed by atoms with Gasteiger partial charge in [-0.2, -0.15) is 0 Å². The van der Waals surface area contributed by atoms with E-state index in [1.165, 1.54) is 0 Å². The third kappa shape index (κ3) is 3.16. The number of hydrogen-bond acceptors (Lipinski definition) is 3. The maximum atomic E-state index is 6.26. The normalized spacial score (nSPS) is 23.0. The van der Waals surface area contributed by atoms with Crippen LogP contribution in [0.1, 0.15) is 18.5 Å². The maximum Gasteiger partial charge on any atom is 0.0895 e. The molecule has 18 heavy (non-hydrogen) atoms. The van der Waals surface area contributed by atoms with Crippen LogP contribution in [0.5, 0.6) is 0 Å². The summed E-state index contributed by atoms with van der Waals surface area (Å²) >= 11 is 12.2. The summed E-state index contributed by atoms with van der Waals surface area (Å²) in [5.74, 6) is 0. The molecule has 1 heterocycles. The predicted octanol–water partition coefficient (Wildman–Crippen LogP) is 2.71. The van der Waals surface area contributed by atoms with E-state index in [1.807, 2.05) is 6.07 Å². The van der Waals surface area contributed by atoms with Crippen LogP contribution in [-0.4, -0.2) is 37.2 Å². The Bertz CT molecular complexity index is 414. The predicted molar refractivity (Wildman–Crippen MR) is 75.2 cm³/mol. The molecule has 0 radical (unpaired) electrons. The molecular weight excluding hydrogens is 271 g/mol. The van der Waals surface area contributed by atoms with Crippen molar-refractivity contribution in [2.24, 2.45) is 5.73 Å². The number of nitrogens with zero attached hydrogens (tertiary/aromatic N) is 1. The molecule has 100 valence electrons. The van der Waals surface area contributed by atoms with E-state index in [2.05, 4.69) is 11.8 Å². The summed E-state index contributed by atoms with van der Waals surface area (Å²) < 4.78 is 5.75. The van der Waals surface area contributed by atoms with Crippen molar-refractivity contribution in [1.29, 1.82) is 0 Å². The van der Waals surface area contributed by atoms with Gasteiger partial charge in [0.1, 0.15) is 0 Å². The number of hydrogen-bond donors (Lipinski definition) is 1. The average molecular weight is 289 g/mol. The smallest absolute Gasteiger partial charge is 0.0895 e. The van der Waals surface area contributed by atoms with Crippen molar-refractivity contribution >= 4 is 23.2 Å². The van der Waals surface area contributed by atoms with Gasteiger partial charge in [-0.25, -0.2) is 0 Å². The molecule has 0 spiro atoms. The van der Waals surface area contributed by atoms with Crippen molar-refractivity contribution < 1.29 is 4.74 Å². The molecule has 0 aromatic heterocycles. The monoisotopic (exact) mass is 288 g/mol. The van der Waals surface area contributed by atoms with Gasteiger partial charge in [0.25, 0.3) is 0 Å². The molecule has 0 saturated carbocycles. The van der Waals surface area contributed by atoms with Gasteiger partial charge in [-0.3, -0.25) is 4.90 Å². The quantitative estimate of drug-likeness (QED) is 0.930. The number of ether oxygens (including phenoxy) is 1. The van der Waals surface area contributed by atoms with E-state index in [9.17, 15) is 0 Å². The zero-order valence-electron chi connectivity index (χ0n) is 10.4. The summed E-state index contributed by atoms with van der Waals surface area (Å²) in [7, 11) is 0. The summed E-state index contributed by atoms with van der Waals surface area (Å²) in [6, 6.07) is 5.12. The van der Waals surface area contributed by atoms with Gasteiger partial charge in [-0.15, -0.1) is 0 Å². The van der Waals surface area contributed by atoms with Gasteiger partial charge in [-0.1, -0.05) is 30.1 Å². The molecule has 1 aliphatic heterocycles. The third-order valence-corrected chi connectivity index (χ3v) is 3.92. The lowest BCUT2D eigenvalue weighted by molar-refractivity contribution is -0.0392. The number of nitrogens with two attached hydrogens (primary N) is 1. The second kappa shape index (κ2) is 6.22. The largest absolute Gasteiger partial charge is 0.374 e. The van der Waals surface area contributed by atoms with Crippen molar-refractivity contribution in [1.82, 2.24) is 4.90 Å². The Labute approximate surface area is 118 Å². The minimum Gasteiger partial charge on any atom is -0.374 e. The van der Waals surface area contributed by atoms with E-state index in [4.69, 9.17) is 33.7 Å². The van der Waals surface area contributed by atoms with Crippen LogP contribution in [0.4, 0.5) is 0 Å². The van der Waals surface area contributed by atoms with Crippen LogP contribution < -0.4 is 5.73 Å². The van der Waals surface area contributed by atoms with Crippen molar-refractivity contribution in [3.8, 4) is 0 Å². The molecule has 1 aromatic carbocycles. The van der Waals surface area contributed by atoms with E-state index >= 15 is 0 Å². The van der Waals surface area contributed by atoms with Crippen LogP contribution in [-0.2, 0) is 4.74 Å². The van der Waals surface area contributed by atoms with E-state index in [0.717, 1.165) is 25.2 Å². The zero-order valence-corrected chi connectivity index (χ0v) is 11.9. The Hall–Kier alpha value is -0.320. The van der Waals surface area contributed by atoms with E-state index in [-0.39, 0.29) is 12.1 Å². The van der Waals surface area contributed by atoms with E-state index < -0.39 is 0 Å². The highest BCUT2D eigenvalue weighted by atomic mass is 35.5. The first-order chi connectivity index (χ1) is 8.61. The SMILES string of the molecule is CCN1CCOC(C(N)c2cc(Cl)ccc2Cl)C1. The molecular formula is C13H18Cl2N2O. The second-order valence-electron chi connectivity index (χ2n) is 4.49. The van der Waals surface area contributed by atoms with Gasteiger partial charge in [0.05, 0.1) is 18.8 Å². The van der Waals surface area contributed by atoms with Crippen molar-refractivity contribution in [3.63, 3.8) is 0 Å². The molecule has 0 aliphatic carbocycles. The number of morpholine rings is 1. The lowest BCUT2D eigenvalue weighted by Gasteiger charge is -2.35. The fraction of sp³-hybridized carbons (Fsp3) is 0.538. The molecule has 2 atom stereocenters. The minimum atomic E-state index is -0.245. The first-order valence-corrected chi connectivity index (χ1v) is 6.92. The number of halogens is 2. The third-order valence-electron chi connectivity index (χ3n) is 3.34. The Morgan fingerprint density at radius 1 is 1.50 bits per heavy atom. The first kappa shape index (κ1) is 14.1. The lowest BCUT2D eigenvalue weighted by Crippen LogP contribution is -2.46. The van der Waals surface area contributed by atoms with Crippen LogP contribution in [0, 0.1) is 0 Å². The highest BCUT2D eigenvalue weighted by molar-refractivity contribution is 6.33. The van der Waals surface area contributed by atoms with Gasteiger partial charge in [-0.05, 0) is 30.3 Å². The van der Waals surface area contributed by atoms with Gasteiger partial charge in [0.2, 0.25) is 0 Å². The van der Waals surface area contributed by atoms with Gasteiger partial charge < -0.3 is 10.5 Å². The van der Waals surface area contributed by atoms with Gasteiger partial charge in [0, 0.05) is 23.1 Å². The fourth-order valence-corrected chi connectivity index (χ4v) is 2.63. The van der Waals surface area contributed by atoms with Crippen molar-refractivity contribution in [2.45, 2.75) is 19.1 Å². The molecule has 2 unspecified atom stereocenters. The van der Waals surface area contributed by atoms with E-state index in [1.54, 1.807) is 12.1 Å². The molecule has 1 aromatic rings. The Kier molecular flexibility index (Phi) is 4.87. The molecule has 5 heteroatoms. The minimum absolute atomic E-state index is 0.0327. The van der Waals surface area contributed by atoms with Gasteiger partial charge >= 0.3 is 0 Å². The maximum absolute atomic E-state index is 6.26. The summed E-state index contributed by atoms with van der Waals surface area (Å²) in [6.45, 7) is 5.66. The van der Waals surface area contributed by atoms with Gasteiger partial charge in [0.15, 0.2) is 0 Å². The summed E-state index contributed by atoms with van der Waals surface area (Å²) in [5, 5.41) is 1.29. The van der Waals surface area contributed by atoms with Crippen LogP contribution in [0.2, 0.25) is 10.0 Å². The molecule has 2 rings (SSSR count). The summed E-state index contributed by atoms with van der Waals surface area (Å²) in [5.41, 5.74) is 7.12. The Morgan fingerprint density at radius 2 is 2.28 bits per heavy atom. The van der Waals surface area contributed by atoms with Crippen LogP contribution in [0.3, 0.4) is 0 Å². The summed E-state index contributed by atoms with van der Waals surface area (Å²) in [6.07, 6.45) is -0.0327. The average Bonchev–Trinajstić information content (AvgIpc) is 2.41. The molecule has 0 bridgehead atoms. The number of rotatable bonds is 3. The number of benzene rings is 1. The second-order valence-corrected chi connectivity index (χ2v) is 5.34. The molecule has 2 N–H and O–H groups in total. The van der Waals surface area contributed by atoms with Crippen molar-refractivity contribution in [3.05, 3.63) is 33.8 Å². The first-order valence-electron chi connectivity index (χ1n) is 6.16. The molecule has 0 amide bonds. The van der Waals surface area contributed by atoms with E-state index in [0.29, 0.717) is 16.7 Å². The zero-order chi connectivity index (χ0) is 13.1. The highest BCUT2D eigenvalue weighted by Crippen LogP contribution is 2.29. The van der Waals surface area contributed by atoms with Crippen molar-refractivity contribution in [2.75, 3.05) is 26.2 Å². The molecule has 3 nitrogen and oxygen atoms in total. The lowest BCUT2D eigenvalue weighted by atomic mass is 10.0. The highest BCUT2D eigenvalue weighted by Gasteiger charge is 2.27. The molecule has 1 fully saturated rings. The van der Waals surface area contributed by atoms with Crippen LogP contribution in [0.15, 0.2) is 18.2 Å². The standard InChI is InChI=1S/C13H18Cl2N2O/c1-2-17-5-6-18-12(8-17)13(16)10-7-9(14)3-4-11(10)15/h3-4,7,12-13H,2,5-6,8,16H2,1H3. The Balaban J connectivity index is 2.14. The number of likely N-dealkylation sites (N-methyl/N-ethyl adjacent to an activating group) is 1. The topological polar surface area (TPSA) is 38.5 Å². The fourth-order valence-electron chi connectivity index (χ4n) is 2.21. The molecule has 1 saturated heterocycles. The Morgan fingerprint density at radius 3 is 3.00 bits per heavy atom. The van der Waals surface area contributed by atoms with Crippen LogP contribution in [0.25, 0.3) is 0 Å².